The molecule has 0 spiro atoms. The van der Waals surface area contributed by atoms with Crippen LogP contribution in [0.4, 0.5) is 0 Å². The van der Waals surface area contributed by atoms with Crippen LogP contribution in [-0.2, 0) is 4.74 Å². The number of ether oxygens (including phenoxy) is 2. The maximum atomic E-state index is 9.87. The molecule has 1 aromatic rings. The molecule has 5 nitrogen and oxygen atoms in total. The molecule has 5 heteroatoms. The Hall–Kier alpha value is -1.14. The number of aliphatic hydroxyl groups excluding tert-OH is 1. The summed E-state index contributed by atoms with van der Waals surface area (Å²) >= 11 is 0. The molecule has 19 heavy (non-hydrogen) atoms. The predicted octanol–water partition coefficient (Wildman–Crippen LogP) is 0.572. The van der Waals surface area contributed by atoms with Gasteiger partial charge in [0.2, 0.25) is 0 Å². The van der Waals surface area contributed by atoms with Crippen molar-refractivity contribution in [1.29, 1.82) is 0 Å². The van der Waals surface area contributed by atoms with E-state index >= 15 is 0 Å². The maximum absolute atomic E-state index is 9.87. The van der Waals surface area contributed by atoms with Crippen LogP contribution in [0, 0.1) is 6.92 Å². The SMILES string of the molecule is Cc1cccc(OCC(O)CNN2CCOCC2)c1. The highest BCUT2D eigenvalue weighted by molar-refractivity contribution is 5.27. The number of hydrazine groups is 1. The highest BCUT2D eigenvalue weighted by Gasteiger charge is 2.12. The molecule has 106 valence electrons. The molecule has 0 saturated carbocycles. The van der Waals surface area contributed by atoms with Gasteiger partial charge in [-0.2, -0.15) is 0 Å². The molecule has 1 fully saturated rings. The first-order chi connectivity index (χ1) is 9.24. The van der Waals surface area contributed by atoms with Crippen LogP contribution in [0.15, 0.2) is 24.3 Å². The summed E-state index contributed by atoms with van der Waals surface area (Å²) in [5.74, 6) is 0.797. The third-order valence-electron chi connectivity index (χ3n) is 2.99. The largest absolute Gasteiger partial charge is 0.491 e. The normalized spacial score (nSPS) is 18.2. The van der Waals surface area contributed by atoms with E-state index in [9.17, 15) is 5.11 Å². The molecular weight excluding hydrogens is 244 g/mol. The third-order valence-corrected chi connectivity index (χ3v) is 2.99. The molecule has 1 aromatic carbocycles. The lowest BCUT2D eigenvalue weighted by atomic mass is 10.2. The van der Waals surface area contributed by atoms with E-state index in [0.717, 1.165) is 37.6 Å². The van der Waals surface area contributed by atoms with Crippen LogP contribution in [0.2, 0.25) is 0 Å². The summed E-state index contributed by atoms with van der Waals surface area (Å²) in [5.41, 5.74) is 4.34. The van der Waals surface area contributed by atoms with Crippen LogP contribution in [0.1, 0.15) is 5.56 Å². The van der Waals surface area contributed by atoms with Gasteiger partial charge in [0, 0.05) is 19.6 Å². The molecule has 1 saturated heterocycles. The summed E-state index contributed by atoms with van der Waals surface area (Å²) in [5, 5.41) is 11.9. The van der Waals surface area contributed by atoms with Crippen molar-refractivity contribution in [3.63, 3.8) is 0 Å². The summed E-state index contributed by atoms with van der Waals surface area (Å²) in [6, 6.07) is 7.82. The first kappa shape index (κ1) is 14.3. The fourth-order valence-electron chi connectivity index (χ4n) is 1.91. The molecular formula is C14H22N2O3. The number of hydrogen-bond donors (Lipinski definition) is 2. The van der Waals surface area contributed by atoms with Gasteiger partial charge in [-0.05, 0) is 24.6 Å². The van der Waals surface area contributed by atoms with Crippen molar-refractivity contribution in [3.05, 3.63) is 29.8 Å². The predicted molar refractivity (Wildman–Crippen MR) is 73.1 cm³/mol. The van der Waals surface area contributed by atoms with Gasteiger partial charge in [-0.15, -0.1) is 0 Å². The van der Waals surface area contributed by atoms with Gasteiger partial charge >= 0.3 is 0 Å². The highest BCUT2D eigenvalue weighted by Crippen LogP contribution is 2.12. The van der Waals surface area contributed by atoms with Gasteiger partial charge in [0.15, 0.2) is 0 Å². The summed E-state index contributed by atoms with van der Waals surface area (Å²) in [4.78, 5) is 0. The van der Waals surface area contributed by atoms with Gasteiger partial charge in [-0.1, -0.05) is 12.1 Å². The summed E-state index contributed by atoms with van der Waals surface area (Å²) in [7, 11) is 0. The van der Waals surface area contributed by atoms with Gasteiger partial charge in [-0.25, -0.2) is 5.01 Å². The number of aryl methyl sites for hydroxylation is 1. The average molecular weight is 266 g/mol. The van der Waals surface area contributed by atoms with Gasteiger partial charge in [-0.3, -0.25) is 5.43 Å². The molecule has 1 aliphatic heterocycles. The maximum Gasteiger partial charge on any atom is 0.119 e. The van der Waals surface area contributed by atoms with Crippen LogP contribution < -0.4 is 10.2 Å². The Morgan fingerprint density at radius 2 is 2.21 bits per heavy atom. The van der Waals surface area contributed by atoms with E-state index in [-0.39, 0.29) is 0 Å². The highest BCUT2D eigenvalue weighted by atomic mass is 16.5. The number of hydrogen-bond acceptors (Lipinski definition) is 5. The molecule has 0 aromatic heterocycles. The summed E-state index contributed by atoms with van der Waals surface area (Å²) < 4.78 is 10.8. The minimum atomic E-state index is -0.525. The van der Waals surface area contributed by atoms with Crippen LogP contribution in [0.3, 0.4) is 0 Å². The zero-order valence-corrected chi connectivity index (χ0v) is 11.3. The molecule has 2 N–H and O–H groups in total. The lowest BCUT2D eigenvalue weighted by molar-refractivity contribution is -0.000791. The molecule has 0 amide bonds. The Morgan fingerprint density at radius 1 is 1.42 bits per heavy atom. The van der Waals surface area contributed by atoms with Crippen molar-refractivity contribution in [1.82, 2.24) is 10.4 Å². The number of nitrogens with zero attached hydrogens (tertiary/aromatic N) is 1. The molecule has 1 aliphatic rings. The van der Waals surface area contributed by atoms with E-state index in [0.29, 0.717) is 13.2 Å². The zero-order valence-electron chi connectivity index (χ0n) is 11.3. The average Bonchev–Trinajstić information content (AvgIpc) is 2.44. The lowest BCUT2D eigenvalue weighted by Crippen LogP contribution is -2.48. The molecule has 1 unspecified atom stereocenters. The second-order valence-electron chi connectivity index (χ2n) is 4.74. The van der Waals surface area contributed by atoms with E-state index in [1.54, 1.807) is 0 Å². The lowest BCUT2D eigenvalue weighted by Gasteiger charge is -2.28. The minimum absolute atomic E-state index is 0.292. The van der Waals surface area contributed by atoms with Gasteiger partial charge in [0.05, 0.1) is 13.2 Å². The van der Waals surface area contributed by atoms with E-state index in [1.807, 2.05) is 31.2 Å². The standard InChI is InChI=1S/C14H22N2O3/c1-12-3-2-4-14(9-12)19-11-13(17)10-15-16-5-7-18-8-6-16/h2-4,9,13,15,17H,5-8,10-11H2,1H3. The van der Waals surface area contributed by atoms with Crippen molar-refractivity contribution >= 4 is 0 Å². The Balaban J connectivity index is 1.65. The minimum Gasteiger partial charge on any atom is -0.491 e. The van der Waals surface area contributed by atoms with Crippen molar-refractivity contribution in [2.45, 2.75) is 13.0 Å². The van der Waals surface area contributed by atoms with Gasteiger partial charge < -0.3 is 14.6 Å². The Labute approximate surface area is 114 Å². The quantitative estimate of drug-likeness (QED) is 0.788. The molecule has 0 radical (unpaired) electrons. The Kier molecular flexibility index (Phi) is 5.60. The zero-order chi connectivity index (χ0) is 13.5. The third kappa shape index (κ3) is 5.16. The van der Waals surface area contributed by atoms with Crippen LogP contribution in [0.5, 0.6) is 5.75 Å². The van der Waals surface area contributed by atoms with Crippen molar-refractivity contribution < 1.29 is 14.6 Å². The number of aliphatic hydroxyl groups is 1. The molecule has 1 heterocycles. The Bertz CT molecular complexity index is 381. The van der Waals surface area contributed by atoms with Crippen LogP contribution in [-0.4, -0.2) is 55.7 Å². The van der Waals surface area contributed by atoms with E-state index in [4.69, 9.17) is 9.47 Å². The van der Waals surface area contributed by atoms with E-state index < -0.39 is 6.10 Å². The smallest absolute Gasteiger partial charge is 0.119 e. The van der Waals surface area contributed by atoms with Crippen molar-refractivity contribution in [2.24, 2.45) is 0 Å². The second kappa shape index (κ2) is 7.45. The summed E-state index contributed by atoms with van der Waals surface area (Å²) in [6.07, 6.45) is -0.525. The number of morpholine rings is 1. The van der Waals surface area contributed by atoms with Crippen LogP contribution in [0.25, 0.3) is 0 Å². The molecule has 1 atom stereocenters. The first-order valence-electron chi connectivity index (χ1n) is 6.68. The first-order valence-corrected chi connectivity index (χ1v) is 6.68. The second-order valence-corrected chi connectivity index (χ2v) is 4.74. The topological polar surface area (TPSA) is 54.0 Å². The number of benzene rings is 1. The monoisotopic (exact) mass is 266 g/mol. The fourth-order valence-corrected chi connectivity index (χ4v) is 1.91. The van der Waals surface area contributed by atoms with Gasteiger partial charge in [0.25, 0.3) is 0 Å². The fraction of sp³-hybridized carbons (Fsp3) is 0.571. The van der Waals surface area contributed by atoms with Crippen LogP contribution >= 0.6 is 0 Å². The van der Waals surface area contributed by atoms with Gasteiger partial charge in [0.1, 0.15) is 18.5 Å². The number of nitrogens with one attached hydrogen (secondary N) is 1. The Morgan fingerprint density at radius 3 is 2.95 bits per heavy atom. The van der Waals surface area contributed by atoms with E-state index in [2.05, 4.69) is 10.4 Å². The van der Waals surface area contributed by atoms with Crippen molar-refractivity contribution in [2.75, 3.05) is 39.5 Å². The number of rotatable bonds is 6. The summed E-state index contributed by atoms with van der Waals surface area (Å²) in [6.45, 7) is 5.98. The molecule has 0 aliphatic carbocycles. The van der Waals surface area contributed by atoms with Crippen molar-refractivity contribution in [3.8, 4) is 5.75 Å². The molecule has 2 rings (SSSR count). The molecule has 0 bridgehead atoms. The van der Waals surface area contributed by atoms with E-state index in [1.165, 1.54) is 0 Å².